The molecular weight excluding hydrogens is 368 g/mol. The number of carbonyl (C=O) groups excluding carboxylic acids is 2. The van der Waals surface area contributed by atoms with Crippen LogP contribution in [0.5, 0.6) is 5.75 Å². The van der Waals surface area contributed by atoms with E-state index < -0.39 is 11.6 Å². The molecule has 2 heterocycles. The van der Waals surface area contributed by atoms with Gasteiger partial charge in [-0.25, -0.2) is 13.6 Å². The number of anilines is 2. The smallest absolute Gasteiger partial charge is 0.321 e. The predicted molar refractivity (Wildman–Crippen MR) is 99.5 cm³/mol. The van der Waals surface area contributed by atoms with Gasteiger partial charge in [-0.15, -0.1) is 0 Å². The monoisotopic (exact) mass is 387 g/mol. The topological polar surface area (TPSA) is 70.7 Å². The highest BCUT2D eigenvalue weighted by Gasteiger charge is 2.27. The third kappa shape index (κ3) is 3.76. The fraction of sp³-hybridized carbons (Fsp3) is 0.300. The fourth-order valence-corrected chi connectivity index (χ4v) is 3.60. The SMILES string of the molecule is O=C1COc2cc(NC(=O)N3CCC[C@H](c4cc(F)ccc4F)C3)ccc2N1. The van der Waals surface area contributed by atoms with Gasteiger partial charge in [-0.3, -0.25) is 4.79 Å². The summed E-state index contributed by atoms with van der Waals surface area (Å²) in [5.74, 6) is -0.942. The minimum atomic E-state index is -0.487. The van der Waals surface area contributed by atoms with Crippen molar-refractivity contribution in [2.75, 3.05) is 30.3 Å². The third-order valence-electron chi connectivity index (χ3n) is 4.97. The van der Waals surface area contributed by atoms with Crippen molar-refractivity contribution in [1.82, 2.24) is 4.90 Å². The number of hydrogen-bond acceptors (Lipinski definition) is 3. The second-order valence-corrected chi connectivity index (χ2v) is 6.93. The van der Waals surface area contributed by atoms with Crippen molar-refractivity contribution in [1.29, 1.82) is 0 Å². The predicted octanol–water partition coefficient (Wildman–Crippen LogP) is 3.71. The summed E-state index contributed by atoms with van der Waals surface area (Å²) in [6.07, 6.45) is 1.39. The Morgan fingerprint density at radius 3 is 2.93 bits per heavy atom. The molecule has 1 atom stereocenters. The quantitative estimate of drug-likeness (QED) is 0.825. The van der Waals surface area contributed by atoms with Gasteiger partial charge in [0.05, 0.1) is 5.69 Å². The van der Waals surface area contributed by atoms with Crippen LogP contribution in [0.1, 0.15) is 24.3 Å². The van der Waals surface area contributed by atoms with Crippen molar-refractivity contribution in [3.8, 4) is 5.75 Å². The Kier molecular flexibility index (Phi) is 4.85. The maximum Gasteiger partial charge on any atom is 0.321 e. The molecule has 6 nitrogen and oxygen atoms in total. The minimum absolute atomic E-state index is 0.0720. The molecule has 146 valence electrons. The van der Waals surface area contributed by atoms with E-state index in [-0.39, 0.29) is 24.5 Å². The zero-order valence-electron chi connectivity index (χ0n) is 15.0. The molecular formula is C20H19F2N3O3. The first-order chi connectivity index (χ1) is 13.5. The number of hydrogen-bond donors (Lipinski definition) is 2. The summed E-state index contributed by atoms with van der Waals surface area (Å²) in [5, 5.41) is 5.48. The number of nitrogens with one attached hydrogen (secondary N) is 2. The number of likely N-dealkylation sites (tertiary alicyclic amines) is 1. The maximum absolute atomic E-state index is 14.1. The molecule has 0 aliphatic carbocycles. The number of piperidine rings is 1. The number of ether oxygens (including phenoxy) is 1. The summed E-state index contributed by atoms with van der Waals surface area (Å²) in [5.41, 5.74) is 1.38. The molecule has 2 aromatic rings. The number of halogens is 2. The van der Waals surface area contributed by atoms with Gasteiger partial charge in [0.15, 0.2) is 6.61 Å². The molecule has 0 bridgehead atoms. The second-order valence-electron chi connectivity index (χ2n) is 6.93. The number of nitrogens with zero attached hydrogens (tertiary/aromatic N) is 1. The van der Waals surface area contributed by atoms with Gasteiger partial charge < -0.3 is 20.3 Å². The van der Waals surface area contributed by atoms with E-state index in [9.17, 15) is 18.4 Å². The van der Waals surface area contributed by atoms with Gasteiger partial charge >= 0.3 is 6.03 Å². The van der Waals surface area contributed by atoms with E-state index in [4.69, 9.17) is 4.74 Å². The summed E-state index contributed by atoms with van der Waals surface area (Å²) < 4.78 is 32.9. The number of rotatable bonds is 2. The average Bonchev–Trinajstić information content (AvgIpc) is 2.70. The molecule has 4 rings (SSSR count). The van der Waals surface area contributed by atoms with Crippen molar-refractivity contribution < 1.29 is 23.1 Å². The maximum atomic E-state index is 14.1. The van der Waals surface area contributed by atoms with E-state index in [1.165, 1.54) is 6.07 Å². The molecule has 2 N–H and O–H groups in total. The largest absolute Gasteiger partial charge is 0.482 e. The summed E-state index contributed by atoms with van der Waals surface area (Å²) in [7, 11) is 0. The fourth-order valence-electron chi connectivity index (χ4n) is 3.60. The summed E-state index contributed by atoms with van der Waals surface area (Å²) in [6.45, 7) is 0.776. The highest BCUT2D eigenvalue weighted by Crippen LogP contribution is 2.32. The zero-order chi connectivity index (χ0) is 19.7. The normalized spacial score (nSPS) is 18.7. The molecule has 0 aromatic heterocycles. The Bertz CT molecular complexity index is 935. The summed E-state index contributed by atoms with van der Waals surface area (Å²) in [4.78, 5) is 25.6. The lowest BCUT2D eigenvalue weighted by Gasteiger charge is -2.33. The van der Waals surface area contributed by atoms with Gasteiger partial charge in [0.2, 0.25) is 0 Å². The Labute approximate surface area is 160 Å². The van der Waals surface area contributed by atoms with Crippen molar-refractivity contribution in [2.45, 2.75) is 18.8 Å². The Morgan fingerprint density at radius 2 is 2.07 bits per heavy atom. The summed E-state index contributed by atoms with van der Waals surface area (Å²) >= 11 is 0. The molecule has 0 unspecified atom stereocenters. The summed E-state index contributed by atoms with van der Waals surface area (Å²) in [6, 6.07) is 8.06. The van der Waals surface area contributed by atoms with E-state index in [1.807, 2.05) is 0 Å². The van der Waals surface area contributed by atoms with Crippen molar-refractivity contribution >= 4 is 23.3 Å². The number of urea groups is 1. The highest BCUT2D eigenvalue weighted by molar-refractivity contribution is 5.96. The van der Waals surface area contributed by atoms with Gasteiger partial charge in [-0.1, -0.05) is 0 Å². The molecule has 0 saturated carbocycles. The van der Waals surface area contributed by atoms with Crippen LogP contribution in [-0.2, 0) is 4.79 Å². The van der Waals surface area contributed by atoms with E-state index >= 15 is 0 Å². The van der Waals surface area contributed by atoms with Crippen LogP contribution in [0.15, 0.2) is 36.4 Å². The lowest BCUT2D eigenvalue weighted by Crippen LogP contribution is -2.41. The molecule has 2 aromatic carbocycles. The lowest BCUT2D eigenvalue weighted by molar-refractivity contribution is -0.118. The molecule has 1 fully saturated rings. The van der Waals surface area contributed by atoms with Gasteiger partial charge in [0.1, 0.15) is 17.4 Å². The van der Waals surface area contributed by atoms with Crippen molar-refractivity contribution in [3.05, 3.63) is 53.6 Å². The van der Waals surface area contributed by atoms with Gasteiger partial charge in [0.25, 0.3) is 5.91 Å². The second kappa shape index (κ2) is 7.46. The first kappa shape index (κ1) is 18.2. The molecule has 0 radical (unpaired) electrons. The van der Waals surface area contributed by atoms with Crippen LogP contribution in [0.3, 0.4) is 0 Å². The van der Waals surface area contributed by atoms with Crippen LogP contribution < -0.4 is 15.4 Å². The van der Waals surface area contributed by atoms with Crippen LogP contribution in [0.2, 0.25) is 0 Å². The van der Waals surface area contributed by atoms with Crippen LogP contribution >= 0.6 is 0 Å². The average molecular weight is 387 g/mol. The molecule has 1 saturated heterocycles. The standard InChI is InChI=1S/C20H19F2N3O3/c21-13-3-5-16(22)15(8-13)12-2-1-7-25(10-12)20(27)23-14-4-6-17-18(9-14)28-11-19(26)24-17/h3-6,8-9,12H,1-2,7,10-11H2,(H,23,27)(H,24,26)/t12-/m0/s1. The lowest BCUT2D eigenvalue weighted by atomic mass is 9.90. The molecule has 8 heteroatoms. The van der Waals surface area contributed by atoms with Gasteiger partial charge in [-0.2, -0.15) is 0 Å². The van der Waals surface area contributed by atoms with Gasteiger partial charge in [-0.05, 0) is 48.7 Å². The van der Waals surface area contributed by atoms with Crippen molar-refractivity contribution in [3.63, 3.8) is 0 Å². The molecule has 0 spiro atoms. The third-order valence-corrected chi connectivity index (χ3v) is 4.97. The Morgan fingerprint density at radius 1 is 1.21 bits per heavy atom. The van der Waals surface area contributed by atoms with Crippen LogP contribution in [0, 0.1) is 11.6 Å². The van der Waals surface area contributed by atoms with E-state index in [0.29, 0.717) is 48.6 Å². The van der Waals surface area contributed by atoms with E-state index in [2.05, 4.69) is 10.6 Å². The van der Waals surface area contributed by atoms with Crippen LogP contribution in [0.25, 0.3) is 0 Å². The molecule has 3 amide bonds. The van der Waals surface area contributed by atoms with Gasteiger partial charge in [0, 0.05) is 30.8 Å². The number of fused-ring (bicyclic) bond motifs is 1. The molecule has 2 aliphatic rings. The first-order valence-electron chi connectivity index (χ1n) is 9.07. The number of benzene rings is 2. The zero-order valence-corrected chi connectivity index (χ0v) is 15.0. The molecule has 28 heavy (non-hydrogen) atoms. The first-order valence-corrected chi connectivity index (χ1v) is 9.07. The highest BCUT2D eigenvalue weighted by atomic mass is 19.1. The van der Waals surface area contributed by atoms with Crippen molar-refractivity contribution in [2.24, 2.45) is 0 Å². The number of amides is 3. The minimum Gasteiger partial charge on any atom is -0.482 e. The molecule has 2 aliphatic heterocycles. The van der Waals surface area contributed by atoms with E-state index in [1.54, 1.807) is 23.1 Å². The number of carbonyl (C=O) groups is 2. The Balaban J connectivity index is 1.45. The van der Waals surface area contributed by atoms with Crippen LogP contribution in [0.4, 0.5) is 25.0 Å². The van der Waals surface area contributed by atoms with Crippen LogP contribution in [-0.4, -0.2) is 36.5 Å². The Hall–Kier alpha value is -3.16. The van der Waals surface area contributed by atoms with E-state index in [0.717, 1.165) is 12.1 Å².